The maximum absolute atomic E-state index is 12.2. The summed E-state index contributed by atoms with van der Waals surface area (Å²) in [5.41, 5.74) is -0.975. The Morgan fingerprint density at radius 1 is 0.950 bits per heavy atom. The first kappa shape index (κ1) is 13.3. The predicted octanol–water partition coefficient (Wildman–Crippen LogP) is 1.94. The van der Waals surface area contributed by atoms with Crippen molar-refractivity contribution < 1.29 is 25.0 Å². The summed E-state index contributed by atoms with van der Waals surface area (Å²) in [7, 11) is 0. The third-order valence-electron chi connectivity index (χ3n) is 2.68. The number of nitro benzene ring substituents is 1. The number of hydrogen-bond acceptors (Lipinski definition) is 6. The Bertz CT molecular complexity index is 710. The minimum absolute atomic E-state index is 0.224. The number of carbonyl (C=O) groups excluding carboxylic acids is 1. The van der Waals surface area contributed by atoms with E-state index in [1.807, 2.05) is 0 Å². The molecule has 20 heavy (non-hydrogen) atoms. The monoisotopic (exact) mass is 275 g/mol. The van der Waals surface area contributed by atoms with E-state index in [9.17, 15) is 30.2 Å². The molecule has 0 aromatic heterocycles. The van der Waals surface area contributed by atoms with Gasteiger partial charge < -0.3 is 15.3 Å². The summed E-state index contributed by atoms with van der Waals surface area (Å²) in [5, 5.41) is 39.0. The van der Waals surface area contributed by atoms with E-state index in [1.165, 1.54) is 18.2 Å². The number of carbonyl (C=O) groups is 1. The lowest BCUT2D eigenvalue weighted by Gasteiger charge is -2.06. The topological polar surface area (TPSA) is 121 Å². The molecule has 3 N–H and O–H groups in total. The average molecular weight is 275 g/mol. The summed E-state index contributed by atoms with van der Waals surface area (Å²) in [6.07, 6.45) is 0. The third kappa shape index (κ3) is 2.24. The van der Waals surface area contributed by atoms with Crippen LogP contribution >= 0.6 is 0 Å². The highest BCUT2D eigenvalue weighted by Gasteiger charge is 2.23. The number of para-hydroxylation sites is 1. The zero-order valence-corrected chi connectivity index (χ0v) is 9.98. The number of benzene rings is 2. The van der Waals surface area contributed by atoms with Crippen LogP contribution in [0.4, 0.5) is 5.69 Å². The molecule has 0 aliphatic heterocycles. The second kappa shape index (κ2) is 4.88. The van der Waals surface area contributed by atoms with Crippen LogP contribution in [-0.4, -0.2) is 26.0 Å². The van der Waals surface area contributed by atoms with Crippen molar-refractivity contribution in [2.45, 2.75) is 0 Å². The first-order valence-corrected chi connectivity index (χ1v) is 5.45. The number of hydrogen-bond donors (Lipinski definition) is 3. The summed E-state index contributed by atoms with van der Waals surface area (Å²) < 4.78 is 0. The van der Waals surface area contributed by atoms with Crippen LogP contribution in [0.5, 0.6) is 17.2 Å². The lowest BCUT2D eigenvalue weighted by molar-refractivity contribution is -0.385. The van der Waals surface area contributed by atoms with Crippen LogP contribution in [-0.2, 0) is 0 Å². The van der Waals surface area contributed by atoms with Gasteiger partial charge in [-0.05, 0) is 12.1 Å². The van der Waals surface area contributed by atoms with Crippen molar-refractivity contribution in [2.75, 3.05) is 0 Å². The first-order chi connectivity index (χ1) is 9.41. The second-order valence-corrected chi connectivity index (χ2v) is 3.96. The summed E-state index contributed by atoms with van der Waals surface area (Å²) in [6.45, 7) is 0. The normalized spacial score (nSPS) is 10.2. The van der Waals surface area contributed by atoms with Gasteiger partial charge in [0.2, 0.25) is 5.78 Å². The minimum Gasteiger partial charge on any atom is -0.507 e. The summed E-state index contributed by atoms with van der Waals surface area (Å²) in [4.78, 5) is 22.3. The molecular formula is C13H9NO6. The van der Waals surface area contributed by atoms with E-state index in [2.05, 4.69) is 0 Å². The van der Waals surface area contributed by atoms with Crippen molar-refractivity contribution in [3.05, 3.63) is 57.6 Å². The molecule has 2 aromatic carbocycles. The van der Waals surface area contributed by atoms with Gasteiger partial charge in [0.15, 0.2) is 11.5 Å². The molecule has 0 bridgehead atoms. The SMILES string of the molecule is O=C(c1cc(O)c(O)cc1O)c1ccccc1[N+](=O)[O-]. The molecule has 0 heterocycles. The summed E-state index contributed by atoms with van der Waals surface area (Å²) in [5.74, 6) is -2.61. The highest BCUT2D eigenvalue weighted by atomic mass is 16.6. The van der Waals surface area contributed by atoms with E-state index >= 15 is 0 Å². The van der Waals surface area contributed by atoms with Crippen LogP contribution < -0.4 is 0 Å². The zero-order chi connectivity index (χ0) is 14.9. The Balaban J connectivity index is 2.58. The Labute approximate surface area is 112 Å². The van der Waals surface area contributed by atoms with Gasteiger partial charge in [-0.15, -0.1) is 0 Å². The maximum Gasteiger partial charge on any atom is 0.280 e. The Morgan fingerprint density at radius 2 is 1.55 bits per heavy atom. The minimum atomic E-state index is -0.829. The van der Waals surface area contributed by atoms with Gasteiger partial charge in [-0.2, -0.15) is 0 Å². The Kier molecular flexibility index (Phi) is 3.26. The number of ketones is 1. The molecule has 2 aromatic rings. The lowest BCUT2D eigenvalue weighted by atomic mass is 10.0. The van der Waals surface area contributed by atoms with Crippen molar-refractivity contribution >= 4 is 11.5 Å². The predicted molar refractivity (Wildman–Crippen MR) is 68.0 cm³/mol. The van der Waals surface area contributed by atoms with Gasteiger partial charge in [-0.3, -0.25) is 14.9 Å². The highest BCUT2D eigenvalue weighted by Crippen LogP contribution is 2.34. The smallest absolute Gasteiger partial charge is 0.280 e. The maximum atomic E-state index is 12.2. The molecule has 7 heteroatoms. The van der Waals surface area contributed by atoms with Gasteiger partial charge in [0.25, 0.3) is 5.69 Å². The van der Waals surface area contributed by atoms with Crippen molar-refractivity contribution in [1.29, 1.82) is 0 Å². The molecule has 7 nitrogen and oxygen atoms in total. The first-order valence-electron chi connectivity index (χ1n) is 5.45. The van der Waals surface area contributed by atoms with E-state index in [0.717, 1.165) is 18.2 Å². The van der Waals surface area contributed by atoms with E-state index in [0.29, 0.717) is 0 Å². The van der Waals surface area contributed by atoms with Crippen molar-refractivity contribution in [1.82, 2.24) is 0 Å². The molecule has 0 unspecified atom stereocenters. The van der Waals surface area contributed by atoms with Crippen molar-refractivity contribution in [3.63, 3.8) is 0 Å². The van der Waals surface area contributed by atoms with E-state index in [-0.39, 0.29) is 11.1 Å². The van der Waals surface area contributed by atoms with Gasteiger partial charge in [-0.1, -0.05) is 12.1 Å². The van der Waals surface area contributed by atoms with Gasteiger partial charge in [0.05, 0.1) is 10.5 Å². The molecule has 0 spiro atoms. The van der Waals surface area contributed by atoms with Crippen LogP contribution in [0.25, 0.3) is 0 Å². The van der Waals surface area contributed by atoms with E-state index < -0.39 is 33.6 Å². The zero-order valence-electron chi connectivity index (χ0n) is 9.98. The Morgan fingerprint density at radius 3 is 2.20 bits per heavy atom. The number of phenols is 3. The fraction of sp³-hybridized carbons (Fsp3) is 0. The van der Waals surface area contributed by atoms with Crippen molar-refractivity contribution in [3.8, 4) is 17.2 Å². The third-order valence-corrected chi connectivity index (χ3v) is 2.68. The van der Waals surface area contributed by atoms with Crippen LogP contribution in [0.2, 0.25) is 0 Å². The van der Waals surface area contributed by atoms with Gasteiger partial charge in [0.1, 0.15) is 11.3 Å². The number of rotatable bonds is 3. The summed E-state index contributed by atoms with van der Waals surface area (Å²) in [6, 6.07) is 6.88. The van der Waals surface area contributed by atoms with Gasteiger partial charge in [-0.25, -0.2) is 0 Å². The van der Waals surface area contributed by atoms with Gasteiger partial charge in [0, 0.05) is 12.1 Å². The van der Waals surface area contributed by atoms with E-state index in [4.69, 9.17) is 0 Å². The number of nitrogens with zero attached hydrogens (tertiary/aromatic N) is 1. The average Bonchev–Trinajstić information content (AvgIpc) is 2.42. The Hall–Kier alpha value is -3.09. The molecule has 102 valence electrons. The summed E-state index contributed by atoms with van der Waals surface area (Å²) >= 11 is 0. The lowest BCUT2D eigenvalue weighted by Crippen LogP contribution is -2.05. The standard InChI is InChI=1S/C13H9NO6/c15-10-6-12(17)11(16)5-8(10)13(18)7-3-1-2-4-9(7)14(19)20/h1-6,15-17H. The fourth-order valence-electron chi connectivity index (χ4n) is 1.72. The second-order valence-electron chi connectivity index (χ2n) is 3.96. The largest absolute Gasteiger partial charge is 0.507 e. The molecule has 0 saturated heterocycles. The molecule has 2 rings (SSSR count). The quantitative estimate of drug-likeness (QED) is 0.259. The molecule has 0 atom stereocenters. The van der Waals surface area contributed by atoms with Gasteiger partial charge >= 0.3 is 0 Å². The molecule has 0 aliphatic carbocycles. The number of phenolic OH excluding ortho intramolecular Hbond substituents is 3. The van der Waals surface area contributed by atoms with Crippen molar-refractivity contribution in [2.24, 2.45) is 0 Å². The molecule has 0 radical (unpaired) electrons. The van der Waals surface area contributed by atoms with Crippen LogP contribution in [0.3, 0.4) is 0 Å². The van der Waals surface area contributed by atoms with E-state index in [1.54, 1.807) is 0 Å². The number of nitro groups is 1. The van der Waals surface area contributed by atoms with Crippen LogP contribution in [0.1, 0.15) is 15.9 Å². The molecule has 0 amide bonds. The molecule has 0 saturated carbocycles. The molecule has 0 fully saturated rings. The fourth-order valence-corrected chi connectivity index (χ4v) is 1.72. The number of aromatic hydroxyl groups is 3. The molecule has 0 aliphatic rings. The molecular weight excluding hydrogens is 266 g/mol. The van der Waals surface area contributed by atoms with Crippen LogP contribution in [0.15, 0.2) is 36.4 Å². The highest BCUT2D eigenvalue weighted by molar-refractivity contribution is 6.13. The van der Waals surface area contributed by atoms with Crippen LogP contribution in [0, 0.1) is 10.1 Å².